The van der Waals surface area contributed by atoms with Crippen LogP contribution in [0.3, 0.4) is 0 Å². The van der Waals surface area contributed by atoms with Gasteiger partial charge in [0.25, 0.3) is 0 Å². The van der Waals surface area contributed by atoms with Gasteiger partial charge in [0.05, 0.1) is 6.21 Å². The second-order valence-corrected chi connectivity index (χ2v) is 3.31. The fraction of sp³-hybridized carbons (Fsp3) is 0.273. The highest BCUT2D eigenvalue weighted by molar-refractivity contribution is 7.80. The number of thiocarbonyl (C=S) groups is 1. The summed E-state index contributed by atoms with van der Waals surface area (Å²) in [4.78, 5) is 0. The molecule has 0 saturated heterocycles. The number of rotatable bonds is 3. The van der Waals surface area contributed by atoms with E-state index in [1.165, 1.54) is 0 Å². The molecular formula is C11H15N3S. The summed E-state index contributed by atoms with van der Waals surface area (Å²) in [7, 11) is 1.79. The first-order valence-electron chi connectivity index (χ1n) is 4.86. The first kappa shape index (κ1) is 11.7. The van der Waals surface area contributed by atoms with E-state index in [0.29, 0.717) is 5.11 Å². The normalized spacial score (nSPS) is 10.3. The second-order valence-electron chi connectivity index (χ2n) is 2.93. The van der Waals surface area contributed by atoms with Crippen molar-refractivity contribution in [1.29, 1.82) is 0 Å². The molecule has 1 aromatic carbocycles. The Morgan fingerprint density at radius 1 is 1.47 bits per heavy atom. The van der Waals surface area contributed by atoms with Gasteiger partial charge in [-0.2, -0.15) is 5.10 Å². The number of benzene rings is 1. The molecule has 0 spiro atoms. The highest BCUT2D eigenvalue weighted by Gasteiger charge is 2.01. The lowest BCUT2D eigenvalue weighted by atomic mass is 10.2. The van der Waals surface area contributed by atoms with E-state index >= 15 is 0 Å². The summed E-state index contributed by atoms with van der Waals surface area (Å²) < 4.78 is 0. The quantitative estimate of drug-likeness (QED) is 0.479. The first-order valence-corrected chi connectivity index (χ1v) is 5.27. The molecule has 3 nitrogen and oxygen atoms in total. The van der Waals surface area contributed by atoms with Crippen LogP contribution >= 0.6 is 12.2 Å². The van der Waals surface area contributed by atoms with Crippen molar-refractivity contribution in [3.63, 3.8) is 0 Å². The smallest absolute Gasteiger partial charge is 0.189 e. The van der Waals surface area contributed by atoms with Crippen LogP contribution in [0, 0.1) is 0 Å². The SMILES string of the molecule is CCN(N=Cc1ccccc1)C(=S)NC. The molecule has 0 fully saturated rings. The molecule has 80 valence electrons. The highest BCUT2D eigenvalue weighted by atomic mass is 32.1. The third-order valence-corrected chi connectivity index (χ3v) is 2.31. The minimum atomic E-state index is 0.629. The van der Waals surface area contributed by atoms with Crippen LogP contribution in [-0.4, -0.2) is 29.9 Å². The number of nitrogens with one attached hydrogen (secondary N) is 1. The van der Waals surface area contributed by atoms with Gasteiger partial charge in [0, 0.05) is 13.6 Å². The van der Waals surface area contributed by atoms with Crippen molar-refractivity contribution in [2.45, 2.75) is 6.92 Å². The molecule has 0 radical (unpaired) electrons. The lowest BCUT2D eigenvalue weighted by molar-refractivity contribution is 0.468. The molecule has 0 saturated carbocycles. The lowest BCUT2D eigenvalue weighted by Gasteiger charge is -2.16. The van der Waals surface area contributed by atoms with Crippen LogP contribution in [0.2, 0.25) is 0 Å². The van der Waals surface area contributed by atoms with Crippen molar-refractivity contribution >= 4 is 23.5 Å². The molecule has 0 atom stereocenters. The number of hydrogen-bond acceptors (Lipinski definition) is 2. The van der Waals surface area contributed by atoms with Crippen LogP contribution in [0.5, 0.6) is 0 Å². The summed E-state index contributed by atoms with van der Waals surface area (Å²) in [6.07, 6.45) is 1.80. The second kappa shape index (κ2) is 6.14. The van der Waals surface area contributed by atoms with E-state index in [1.54, 1.807) is 18.3 Å². The predicted octanol–water partition coefficient (Wildman–Crippen LogP) is 1.85. The monoisotopic (exact) mass is 221 g/mol. The summed E-state index contributed by atoms with van der Waals surface area (Å²) in [6.45, 7) is 2.76. The first-order chi connectivity index (χ1) is 7.27. The fourth-order valence-electron chi connectivity index (χ4n) is 1.08. The van der Waals surface area contributed by atoms with Crippen LogP contribution in [0.25, 0.3) is 0 Å². The number of hydrazone groups is 1. The Hall–Kier alpha value is -1.42. The molecule has 15 heavy (non-hydrogen) atoms. The van der Waals surface area contributed by atoms with E-state index < -0.39 is 0 Å². The molecule has 0 amide bonds. The zero-order valence-electron chi connectivity index (χ0n) is 8.97. The largest absolute Gasteiger partial charge is 0.364 e. The van der Waals surface area contributed by atoms with E-state index in [1.807, 2.05) is 37.3 Å². The minimum absolute atomic E-state index is 0.629. The number of nitrogens with zero attached hydrogens (tertiary/aromatic N) is 2. The Morgan fingerprint density at radius 3 is 2.67 bits per heavy atom. The van der Waals surface area contributed by atoms with Gasteiger partial charge in [0.1, 0.15) is 0 Å². The van der Waals surface area contributed by atoms with Crippen molar-refractivity contribution in [3.05, 3.63) is 35.9 Å². The van der Waals surface area contributed by atoms with Gasteiger partial charge < -0.3 is 5.32 Å². The molecule has 0 aliphatic rings. The Labute approximate surface area is 95.8 Å². The van der Waals surface area contributed by atoms with Crippen molar-refractivity contribution in [3.8, 4) is 0 Å². The summed E-state index contributed by atoms with van der Waals surface area (Å²) in [5, 5.41) is 9.55. The molecule has 0 bridgehead atoms. The molecule has 0 heterocycles. The maximum atomic E-state index is 5.09. The van der Waals surface area contributed by atoms with Gasteiger partial charge in [-0.05, 0) is 24.7 Å². The molecular weight excluding hydrogens is 206 g/mol. The molecule has 4 heteroatoms. The highest BCUT2D eigenvalue weighted by Crippen LogP contribution is 1.96. The van der Waals surface area contributed by atoms with E-state index in [-0.39, 0.29) is 0 Å². The zero-order valence-corrected chi connectivity index (χ0v) is 9.79. The molecule has 0 aliphatic heterocycles. The van der Waals surface area contributed by atoms with Crippen molar-refractivity contribution in [2.24, 2.45) is 5.10 Å². The Balaban J connectivity index is 2.67. The summed E-state index contributed by atoms with van der Waals surface area (Å²) in [5.74, 6) is 0. The van der Waals surface area contributed by atoms with Crippen LogP contribution < -0.4 is 5.32 Å². The molecule has 1 aromatic rings. The number of hydrogen-bond donors (Lipinski definition) is 1. The molecule has 0 unspecified atom stereocenters. The van der Waals surface area contributed by atoms with Gasteiger partial charge in [-0.15, -0.1) is 0 Å². The standard InChI is InChI=1S/C11H15N3S/c1-3-14(11(15)12-2)13-9-10-7-5-4-6-8-10/h4-9H,3H2,1-2H3,(H,12,15). The fourth-order valence-corrected chi connectivity index (χ4v) is 1.26. The van der Waals surface area contributed by atoms with Gasteiger partial charge in [0.15, 0.2) is 5.11 Å². The predicted molar refractivity (Wildman–Crippen MR) is 68.1 cm³/mol. The van der Waals surface area contributed by atoms with Gasteiger partial charge in [0.2, 0.25) is 0 Å². The third kappa shape index (κ3) is 3.67. The molecule has 0 aromatic heterocycles. The van der Waals surface area contributed by atoms with E-state index in [2.05, 4.69) is 10.4 Å². The Bertz CT molecular complexity index is 335. The van der Waals surface area contributed by atoms with Gasteiger partial charge in [-0.1, -0.05) is 30.3 Å². The Morgan fingerprint density at radius 2 is 2.13 bits per heavy atom. The maximum absolute atomic E-state index is 5.09. The average Bonchev–Trinajstić information content (AvgIpc) is 2.31. The van der Waals surface area contributed by atoms with Gasteiger partial charge in [-0.25, -0.2) is 5.01 Å². The topological polar surface area (TPSA) is 27.6 Å². The summed E-state index contributed by atoms with van der Waals surface area (Å²) in [5.41, 5.74) is 1.06. The molecule has 0 aliphatic carbocycles. The summed E-state index contributed by atoms with van der Waals surface area (Å²) in [6, 6.07) is 9.94. The van der Waals surface area contributed by atoms with Crippen LogP contribution in [0.15, 0.2) is 35.4 Å². The maximum Gasteiger partial charge on any atom is 0.189 e. The minimum Gasteiger partial charge on any atom is -0.364 e. The lowest BCUT2D eigenvalue weighted by Crippen LogP contribution is -2.33. The van der Waals surface area contributed by atoms with Crippen LogP contribution in [0.4, 0.5) is 0 Å². The third-order valence-electron chi connectivity index (χ3n) is 1.89. The molecule has 1 rings (SSSR count). The van der Waals surface area contributed by atoms with Crippen LogP contribution in [-0.2, 0) is 0 Å². The van der Waals surface area contributed by atoms with E-state index in [0.717, 1.165) is 12.1 Å². The van der Waals surface area contributed by atoms with E-state index in [9.17, 15) is 0 Å². The Kier molecular flexibility index (Phi) is 4.77. The summed E-state index contributed by atoms with van der Waals surface area (Å²) >= 11 is 5.09. The van der Waals surface area contributed by atoms with Crippen molar-refractivity contribution in [1.82, 2.24) is 10.3 Å². The van der Waals surface area contributed by atoms with Crippen LogP contribution in [0.1, 0.15) is 12.5 Å². The van der Waals surface area contributed by atoms with Gasteiger partial charge in [-0.3, -0.25) is 0 Å². The zero-order chi connectivity index (χ0) is 11.1. The van der Waals surface area contributed by atoms with Crippen molar-refractivity contribution in [2.75, 3.05) is 13.6 Å². The van der Waals surface area contributed by atoms with Gasteiger partial charge >= 0.3 is 0 Å². The van der Waals surface area contributed by atoms with E-state index in [4.69, 9.17) is 12.2 Å². The molecule has 1 N–H and O–H groups in total. The van der Waals surface area contributed by atoms with Crippen molar-refractivity contribution < 1.29 is 0 Å². The average molecular weight is 221 g/mol.